The summed E-state index contributed by atoms with van der Waals surface area (Å²) in [6, 6.07) is 15.6. The minimum absolute atomic E-state index is 0. The largest absolute Gasteiger partial charge is 0.399 e. The molecule has 3 aromatic rings. The second-order valence-corrected chi connectivity index (χ2v) is 7.16. The third kappa shape index (κ3) is 4.84. The number of carbonyl (C=O) groups excluding carboxylic acids is 1. The van der Waals surface area contributed by atoms with Crippen LogP contribution in [0, 0.1) is 12.7 Å². The number of aryl methyl sites for hydroxylation is 1. The Bertz CT molecular complexity index is 1060. The summed E-state index contributed by atoms with van der Waals surface area (Å²) in [4.78, 5) is 17.1. The van der Waals surface area contributed by atoms with Gasteiger partial charge in [0.2, 0.25) is 0 Å². The molecular weight excluding hydrogens is 391 g/mol. The summed E-state index contributed by atoms with van der Waals surface area (Å²) in [6.45, 7) is 2.07. The predicted octanol–water partition coefficient (Wildman–Crippen LogP) is 4.17. The van der Waals surface area contributed by atoms with E-state index in [9.17, 15) is 9.18 Å². The lowest BCUT2D eigenvalue weighted by molar-refractivity contribution is 0.0933. The van der Waals surface area contributed by atoms with Crippen LogP contribution in [0.1, 0.15) is 27.2 Å². The van der Waals surface area contributed by atoms with Gasteiger partial charge >= 0.3 is 0 Å². The SMILES string of the molecule is Cc1ccc2c(c1)CC(NC(=O)c1cc(N)cc(Nc3cccc(F)c3)n1)C2.Cl. The average molecular weight is 413 g/mol. The van der Waals surface area contributed by atoms with Crippen molar-refractivity contribution in [3.8, 4) is 0 Å². The molecule has 0 bridgehead atoms. The number of aromatic nitrogens is 1. The fourth-order valence-electron chi connectivity index (χ4n) is 3.55. The van der Waals surface area contributed by atoms with Gasteiger partial charge in [0.25, 0.3) is 5.91 Å². The molecule has 0 saturated heterocycles. The topological polar surface area (TPSA) is 80.0 Å². The highest BCUT2D eigenvalue weighted by atomic mass is 35.5. The molecule has 0 saturated carbocycles. The van der Waals surface area contributed by atoms with Gasteiger partial charge < -0.3 is 16.4 Å². The highest BCUT2D eigenvalue weighted by Crippen LogP contribution is 2.24. The van der Waals surface area contributed by atoms with Crippen LogP contribution in [-0.2, 0) is 12.8 Å². The van der Waals surface area contributed by atoms with Crippen molar-refractivity contribution in [2.45, 2.75) is 25.8 Å². The van der Waals surface area contributed by atoms with Gasteiger partial charge in [-0.05, 0) is 55.2 Å². The molecule has 0 fully saturated rings. The molecule has 1 aliphatic carbocycles. The van der Waals surface area contributed by atoms with Crippen molar-refractivity contribution in [2.24, 2.45) is 0 Å². The Balaban J connectivity index is 0.00000240. The molecule has 29 heavy (non-hydrogen) atoms. The Labute approximate surface area is 175 Å². The van der Waals surface area contributed by atoms with E-state index in [0.717, 1.165) is 12.8 Å². The summed E-state index contributed by atoms with van der Waals surface area (Å²) in [5, 5.41) is 6.03. The fraction of sp³-hybridized carbons (Fsp3) is 0.182. The van der Waals surface area contributed by atoms with Crippen molar-refractivity contribution in [3.63, 3.8) is 0 Å². The standard InChI is InChI=1S/C22H21FN4O.ClH/c1-13-5-6-14-8-19(9-15(14)7-13)26-22(28)20-11-17(24)12-21(27-20)25-18-4-2-3-16(23)10-18;/h2-7,10-12,19H,8-9H2,1H3,(H,26,28)(H3,24,25,27);1H. The normalized spacial score (nSPS) is 14.6. The Kier molecular flexibility index (Phi) is 6.03. The molecule has 1 aliphatic rings. The number of hydrogen-bond acceptors (Lipinski definition) is 4. The third-order valence-corrected chi connectivity index (χ3v) is 4.81. The van der Waals surface area contributed by atoms with Crippen LogP contribution in [0.25, 0.3) is 0 Å². The molecule has 1 aromatic heterocycles. The van der Waals surface area contributed by atoms with Crippen LogP contribution in [0.15, 0.2) is 54.6 Å². The smallest absolute Gasteiger partial charge is 0.270 e. The zero-order chi connectivity index (χ0) is 19.7. The van der Waals surface area contributed by atoms with E-state index >= 15 is 0 Å². The minimum atomic E-state index is -0.358. The van der Waals surface area contributed by atoms with Crippen LogP contribution in [-0.4, -0.2) is 16.9 Å². The molecule has 4 rings (SSSR count). The van der Waals surface area contributed by atoms with Gasteiger partial charge in [-0.2, -0.15) is 0 Å². The van der Waals surface area contributed by atoms with Crippen molar-refractivity contribution in [1.82, 2.24) is 10.3 Å². The Morgan fingerprint density at radius 2 is 1.90 bits per heavy atom. The number of fused-ring (bicyclic) bond motifs is 1. The number of carbonyl (C=O) groups is 1. The molecule has 0 aliphatic heterocycles. The van der Waals surface area contributed by atoms with Crippen molar-refractivity contribution in [3.05, 3.63) is 82.8 Å². The van der Waals surface area contributed by atoms with Gasteiger partial charge in [0, 0.05) is 23.5 Å². The molecule has 4 N–H and O–H groups in total. The Morgan fingerprint density at radius 3 is 2.69 bits per heavy atom. The van der Waals surface area contributed by atoms with Crippen LogP contribution >= 0.6 is 12.4 Å². The second kappa shape index (κ2) is 8.49. The summed E-state index contributed by atoms with van der Waals surface area (Å²) in [5.41, 5.74) is 10.9. The molecule has 1 heterocycles. The van der Waals surface area contributed by atoms with E-state index in [-0.39, 0.29) is 35.9 Å². The van der Waals surface area contributed by atoms with Gasteiger partial charge in [-0.15, -0.1) is 12.4 Å². The van der Waals surface area contributed by atoms with E-state index in [2.05, 4.69) is 40.7 Å². The Morgan fingerprint density at radius 1 is 1.10 bits per heavy atom. The maximum atomic E-state index is 13.4. The van der Waals surface area contributed by atoms with Crippen LogP contribution in [0.4, 0.5) is 21.6 Å². The molecule has 5 nitrogen and oxygen atoms in total. The molecule has 1 amide bonds. The molecule has 150 valence electrons. The van der Waals surface area contributed by atoms with Gasteiger partial charge in [-0.3, -0.25) is 4.79 Å². The predicted molar refractivity (Wildman–Crippen MR) is 115 cm³/mol. The van der Waals surface area contributed by atoms with Gasteiger partial charge in [0.05, 0.1) is 0 Å². The first-order valence-corrected chi connectivity index (χ1v) is 9.16. The van der Waals surface area contributed by atoms with Crippen molar-refractivity contribution >= 4 is 35.5 Å². The van der Waals surface area contributed by atoms with Gasteiger partial charge in [-0.1, -0.05) is 29.8 Å². The van der Waals surface area contributed by atoms with Gasteiger partial charge in [0.1, 0.15) is 17.3 Å². The molecule has 1 atom stereocenters. The molecule has 7 heteroatoms. The number of hydrogen-bond donors (Lipinski definition) is 3. The van der Waals surface area contributed by atoms with E-state index in [1.807, 2.05) is 0 Å². The second-order valence-electron chi connectivity index (χ2n) is 7.16. The minimum Gasteiger partial charge on any atom is -0.399 e. The molecule has 1 unspecified atom stereocenters. The summed E-state index contributed by atoms with van der Waals surface area (Å²) in [5.74, 6) is -0.242. The number of amides is 1. The number of nitrogens with two attached hydrogens (primary N) is 1. The number of halogens is 2. The maximum absolute atomic E-state index is 13.4. The van der Waals surface area contributed by atoms with Crippen molar-refractivity contribution < 1.29 is 9.18 Å². The van der Waals surface area contributed by atoms with E-state index < -0.39 is 0 Å². The first kappa shape index (κ1) is 20.6. The Hall–Kier alpha value is -3.12. The first-order chi connectivity index (χ1) is 13.5. The fourth-order valence-corrected chi connectivity index (χ4v) is 3.55. The summed E-state index contributed by atoms with van der Waals surface area (Å²) >= 11 is 0. The molecule has 0 radical (unpaired) electrons. The number of pyridine rings is 1. The maximum Gasteiger partial charge on any atom is 0.270 e. The lowest BCUT2D eigenvalue weighted by Gasteiger charge is -2.13. The highest BCUT2D eigenvalue weighted by Gasteiger charge is 2.24. The number of nitrogens with zero attached hydrogens (tertiary/aromatic N) is 1. The van der Waals surface area contributed by atoms with E-state index in [1.54, 1.807) is 24.3 Å². The van der Waals surface area contributed by atoms with Crippen molar-refractivity contribution in [2.75, 3.05) is 11.1 Å². The lowest BCUT2D eigenvalue weighted by Crippen LogP contribution is -2.35. The quantitative estimate of drug-likeness (QED) is 0.600. The van der Waals surface area contributed by atoms with Gasteiger partial charge in [0.15, 0.2) is 0 Å². The summed E-state index contributed by atoms with van der Waals surface area (Å²) < 4.78 is 13.4. The number of nitrogen functional groups attached to an aromatic ring is 1. The highest BCUT2D eigenvalue weighted by molar-refractivity contribution is 5.94. The van der Waals surface area contributed by atoms with Crippen molar-refractivity contribution in [1.29, 1.82) is 0 Å². The van der Waals surface area contributed by atoms with E-state index in [0.29, 0.717) is 17.2 Å². The average Bonchev–Trinajstić information content (AvgIpc) is 3.02. The van der Waals surface area contributed by atoms with Crippen LogP contribution < -0.4 is 16.4 Å². The number of benzene rings is 2. The zero-order valence-electron chi connectivity index (χ0n) is 15.9. The van der Waals surface area contributed by atoms with E-state index in [4.69, 9.17) is 5.73 Å². The summed E-state index contributed by atoms with van der Waals surface area (Å²) in [6.07, 6.45) is 1.61. The van der Waals surface area contributed by atoms with Crippen LogP contribution in [0.2, 0.25) is 0 Å². The lowest BCUT2D eigenvalue weighted by atomic mass is 10.1. The zero-order valence-corrected chi connectivity index (χ0v) is 16.7. The van der Waals surface area contributed by atoms with E-state index in [1.165, 1.54) is 28.8 Å². The van der Waals surface area contributed by atoms with Crippen LogP contribution in [0.3, 0.4) is 0 Å². The molecular formula is C22H22ClFN4O. The summed E-state index contributed by atoms with van der Waals surface area (Å²) in [7, 11) is 0. The number of anilines is 3. The number of nitrogens with one attached hydrogen (secondary N) is 2. The van der Waals surface area contributed by atoms with Gasteiger partial charge in [-0.25, -0.2) is 9.37 Å². The first-order valence-electron chi connectivity index (χ1n) is 9.16. The molecule has 2 aromatic carbocycles. The monoisotopic (exact) mass is 412 g/mol. The third-order valence-electron chi connectivity index (χ3n) is 4.81. The number of rotatable bonds is 4. The molecule has 0 spiro atoms. The van der Waals surface area contributed by atoms with Crippen LogP contribution in [0.5, 0.6) is 0 Å².